The first-order chi connectivity index (χ1) is 8.06. The van der Waals surface area contributed by atoms with E-state index in [2.05, 4.69) is 5.10 Å². The van der Waals surface area contributed by atoms with Gasteiger partial charge in [0.05, 0.1) is 11.1 Å². The van der Waals surface area contributed by atoms with Crippen molar-refractivity contribution in [2.45, 2.75) is 16.7 Å². The van der Waals surface area contributed by atoms with Crippen LogP contribution >= 0.6 is 11.8 Å². The van der Waals surface area contributed by atoms with Gasteiger partial charge < -0.3 is 5.73 Å². The molecule has 5 heteroatoms. The fraction of sp³-hybridized carbons (Fsp3) is 0.167. The molecule has 1 aromatic heterocycles. The predicted molar refractivity (Wildman–Crippen MR) is 68.2 cm³/mol. The van der Waals surface area contributed by atoms with Gasteiger partial charge in [-0.3, -0.25) is 9.48 Å². The Morgan fingerprint density at radius 2 is 2.18 bits per heavy atom. The zero-order chi connectivity index (χ0) is 12.4. The number of benzene rings is 1. The van der Waals surface area contributed by atoms with E-state index in [-0.39, 0.29) is 5.78 Å². The number of rotatable bonds is 3. The van der Waals surface area contributed by atoms with Crippen LogP contribution in [0.3, 0.4) is 0 Å². The summed E-state index contributed by atoms with van der Waals surface area (Å²) in [6.07, 6.45) is 3.71. The Morgan fingerprint density at radius 1 is 1.41 bits per heavy atom. The summed E-state index contributed by atoms with van der Waals surface area (Å²) in [5.74, 6) is -0.0175. The second-order valence-corrected chi connectivity index (χ2v) is 4.90. The van der Waals surface area contributed by atoms with Gasteiger partial charge in [-0.2, -0.15) is 5.10 Å². The second kappa shape index (κ2) is 4.63. The van der Waals surface area contributed by atoms with Crippen LogP contribution in [-0.2, 0) is 7.05 Å². The molecule has 4 nitrogen and oxygen atoms in total. The molecule has 0 aliphatic carbocycles. The highest BCUT2D eigenvalue weighted by Gasteiger charge is 2.07. The highest BCUT2D eigenvalue weighted by molar-refractivity contribution is 7.99. The zero-order valence-electron chi connectivity index (χ0n) is 9.68. The predicted octanol–water partition coefficient (Wildman–Crippen LogP) is 2.36. The summed E-state index contributed by atoms with van der Waals surface area (Å²) >= 11 is 1.56. The molecule has 0 aliphatic rings. The molecule has 2 rings (SSSR count). The molecule has 0 saturated carbocycles. The summed E-state index contributed by atoms with van der Waals surface area (Å²) in [4.78, 5) is 13.4. The molecule has 0 unspecified atom stereocenters. The molecule has 17 heavy (non-hydrogen) atoms. The van der Waals surface area contributed by atoms with Gasteiger partial charge in [0.15, 0.2) is 5.78 Å². The maximum atomic E-state index is 11.4. The Hall–Kier alpha value is -1.75. The normalized spacial score (nSPS) is 10.5. The zero-order valence-corrected chi connectivity index (χ0v) is 10.5. The standard InChI is InChI=1S/C12H13N3OS/c1-8(16)11-5-9(3-4-12(11)13)17-10-6-14-15(2)7-10/h3-7H,13H2,1-2H3. The van der Waals surface area contributed by atoms with Crippen LogP contribution in [0.5, 0.6) is 0 Å². The monoisotopic (exact) mass is 247 g/mol. The Labute approximate surface area is 104 Å². The molecule has 0 radical (unpaired) electrons. The van der Waals surface area contributed by atoms with Crippen molar-refractivity contribution in [3.05, 3.63) is 36.2 Å². The van der Waals surface area contributed by atoms with Gasteiger partial charge in [0, 0.05) is 29.4 Å². The van der Waals surface area contributed by atoms with Crippen LogP contribution in [0.25, 0.3) is 0 Å². The number of Topliss-reactive ketones (excluding diaryl/α,β-unsaturated/α-hetero) is 1. The number of aryl methyl sites for hydroxylation is 1. The molecule has 2 N–H and O–H groups in total. The van der Waals surface area contributed by atoms with Crippen molar-refractivity contribution in [2.24, 2.45) is 7.05 Å². The van der Waals surface area contributed by atoms with E-state index in [0.29, 0.717) is 11.3 Å². The van der Waals surface area contributed by atoms with Crippen molar-refractivity contribution in [3.63, 3.8) is 0 Å². The number of ketones is 1. The quantitative estimate of drug-likeness (QED) is 0.668. The van der Waals surface area contributed by atoms with E-state index >= 15 is 0 Å². The van der Waals surface area contributed by atoms with Crippen molar-refractivity contribution in [2.75, 3.05) is 5.73 Å². The van der Waals surface area contributed by atoms with Crippen LogP contribution in [-0.4, -0.2) is 15.6 Å². The number of nitrogens with two attached hydrogens (primary N) is 1. The maximum Gasteiger partial charge on any atom is 0.161 e. The molecule has 1 aromatic carbocycles. The number of anilines is 1. The molecule has 0 atom stereocenters. The van der Waals surface area contributed by atoms with Crippen LogP contribution in [0, 0.1) is 0 Å². The minimum atomic E-state index is -0.0175. The minimum Gasteiger partial charge on any atom is -0.398 e. The van der Waals surface area contributed by atoms with Gasteiger partial charge in [0.2, 0.25) is 0 Å². The fourth-order valence-electron chi connectivity index (χ4n) is 1.49. The van der Waals surface area contributed by atoms with Crippen molar-refractivity contribution in [3.8, 4) is 0 Å². The van der Waals surface area contributed by atoms with Crippen LogP contribution in [0.2, 0.25) is 0 Å². The third kappa shape index (κ3) is 2.68. The Morgan fingerprint density at radius 3 is 2.76 bits per heavy atom. The molecule has 88 valence electrons. The van der Waals surface area contributed by atoms with Gasteiger partial charge in [-0.05, 0) is 25.1 Å². The molecule has 2 aromatic rings. The third-order valence-electron chi connectivity index (χ3n) is 2.32. The SMILES string of the molecule is CC(=O)c1cc(Sc2cnn(C)c2)ccc1N. The van der Waals surface area contributed by atoms with E-state index in [4.69, 9.17) is 5.73 Å². The highest BCUT2D eigenvalue weighted by Crippen LogP contribution is 2.29. The average molecular weight is 247 g/mol. The summed E-state index contributed by atoms with van der Waals surface area (Å²) in [7, 11) is 1.87. The third-order valence-corrected chi connectivity index (χ3v) is 3.26. The van der Waals surface area contributed by atoms with E-state index < -0.39 is 0 Å². The molecule has 0 aliphatic heterocycles. The number of carbonyl (C=O) groups is 1. The highest BCUT2D eigenvalue weighted by atomic mass is 32.2. The Bertz CT molecular complexity index is 563. The summed E-state index contributed by atoms with van der Waals surface area (Å²) in [6.45, 7) is 1.52. The lowest BCUT2D eigenvalue weighted by molar-refractivity contribution is 0.101. The summed E-state index contributed by atoms with van der Waals surface area (Å²) in [6, 6.07) is 5.48. The number of nitrogens with zero attached hydrogens (tertiary/aromatic N) is 2. The first kappa shape index (κ1) is 11.7. The summed E-state index contributed by atoms with van der Waals surface area (Å²) in [5, 5.41) is 4.09. The van der Waals surface area contributed by atoms with E-state index in [1.165, 1.54) is 6.92 Å². The van der Waals surface area contributed by atoms with Gasteiger partial charge in [0.1, 0.15) is 0 Å². The first-order valence-electron chi connectivity index (χ1n) is 5.13. The number of hydrogen-bond donors (Lipinski definition) is 1. The molecule has 0 amide bonds. The average Bonchev–Trinajstić information content (AvgIpc) is 2.66. The molecule has 0 fully saturated rings. The van der Waals surface area contributed by atoms with Crippen LogP contribution in [0.4, 0.5) is 5.69 Å². The summed E-state index contributed by atoms with van der Waals surface area (Å²) < 4.78 is 1.74. The lowest BCUT2D eigenvalue weighted by Gasteiger charge is -2.04. The van der Waals surface area contributed by atoms with Crippen molar-refractivity contribution in [1.82, 2.24) is 9.78 Å². The summed E-state index contributed by atoms with van der Waals surface area (Å²) in [5.41, 5.74) is 6.83. The fourth-order valence-corrected chi connectivity index (χ4v) is 2.38. The van der Waals surface area contributed by atoms with Gasteiger partial charge in [-0.25, -0.2) is 0 Å². The van der Waals surface area contributed by atoms with E-state index in [1.54, 1.807) is 28.7 Å². The van der Waals surface area contributed by atoms with Crippen LogP contribution in [0.1, 0.15) is 17.3 Å². The van der Waals surface area contributed by atoms with E-state index in [9.17, 15) is 4.79 Å². The van der Waals surface area contributed by atoms with Gasteiger partial charge in [0.25, 0.3) is 0 Å². The van der Waals surface area contributed by atoms with Crippen molar-refractivity contribution in [1.29, 1.82) is 0 Å². The van der Waals surface area contributed by atoms with Crippen molar-refractivity contribution < 1.29 is 4.79 Å². The topological polar surface area (TPSA) is 60.9 Å². The van der Waals surface area contributed by atoms with Gasteiger partial charge >= 0.3 is 0 Å². The van der Waals surface area contributed by atoms with Crippen molar-refractivity contribution >= 4 is 23.2 Å². The van der Waals surface area contributed by atoms with Gasteiger partial charge in [-0.1, -0.05) is 11.8 Å². The first-order valence-corrected chi connectivity index (χ1v) is 5.95. The van der Waals surface area contributed by atoms with E-state index in [1.807, 2.05) is 25.4 Å². The largest absolute Gasteiger partial charge is 0.398 e. The smallest absolute Gasteiger partial charge is 0.161 e. The Balaban J connectivity index is 2.28. The van der Waals surface area contributed by atoms with Crippen LogP contribution < -0.4 is 5.73 Å². The molecular weight excluding hydrogens is 234 g/mol. The lowest BCUT2D eigenvalue weighted by Crippen LogP contribution is -1.99. The molecule has 0 bridgehead atoms. The number of carbonyl (C=O) groups excluding carboxylic acids is 1. The maximum absolute atomic E-state index is 11.4. The van der Waals surface area contributed by atoms with Crippen LogP contribution in [0.15, 0.2) is 40.4 Å². The number of aromatic nitrogens is 2. The second-order valence-electron chi connectivity index (χ2n) is 3.76. The van der Waals surface area contributed by atoms with E-state index in [0.717, 1.165) is 9.79 Å². The molecule has 0 spiro atoms. The molecular formula is C12H13N3OS. The minimum absolute atomic E-state index is 0.0175. The molecule has 1 heterocycles. The van der Waals surface area contributed by atoms with Gasteiger partial charge in [-0.15, -0.1) is 0 Å². The molecule has 0 saturated heterocycles. The number of hydrogen-bond acceptors (Lipinski definition) is 4. The Kier molecular flexibility index (Phi) is 3.19. The lowest BCUT2D eigenvalue weighted by atomic mass is 10.1. The number of nitrogen functional groups attached to an aromatic ring is 1.